The van der Waals surface area contributed by atoms with Crippen molar-refractivity contribution in [1.82, 2.24) is 29.6 Å². The number of nitrogens with zero attached hydrogens (tertiary/aromatic N) is 5. The lowest BCUT2D eigenvalue weighted by atomic mass is 9.67. The molecule has 2 bridgehead atoms. The first-order chi connectivity index (χ1) is 19.4. The molecule has 4 heterocycles. The van der Waals surface area contributed by atoms with Gasteiger partial charge in [0.05, 0.1) is 0 Å². The molecule has 4 aliphatic rings. The molecule has 12 heteroatoms. The second kappa shape index (κ2) is 10.6. The van der Waals surface area contributed by atoms with Gasteiger partial charge in [-0.15, -0.1) is 0 Å². The predicted molar refractivity (Wildman–Crippen MR) is 148 cm³/mol. The third-order valence-electron chi connectivity index (χ3n) is 9.13. The van der Waals surface area contributed by atoms with Crippen LogP contribution in [-0.2, 0) is 28.2 Å². The number of rotatable bonds is 6. The minimum atomic E-state index is -1.12. The summed E-state index contributed by atoms with van der Waals surface area (Å²) in [4.78, 5) is 62.6. The Balaban J connectivity index is 1.56. The highest BCUT2D eigenvalue weighted by molar-refractivity contribution is 6.34. The lowest BCUT2D eigenvalue weighted by Gasteiger charge is -2.48. The van der Waals surface area contributed by atoms with Crippen molar-refractivity contribution in [3.63, 3.8) is 0 Å². The summed E-state index contributed by atoms with van der Waals surface area (Å²) in [5.74, 6) is -3.14. The van der Waals surface area contributed by atoms with Crippen LogP contribution in [-0.4, -0.2) is 87.9 Å². The van der Waals surface area contributed by atoms with Crippen LogP contribution in [0, 0.1) is 18.2 Å². The molecule has 1 aromatic carbocycles. The summed E-state index contributed by atoms with van der Waals surface area (Å²) < 4.78 is 15.1. The number of halogens is 1. The highest BCUT2D eigenvalue weighted by atomic mass is 19.1. The van der Waals surface area contributed by atoms with E-state index in [9.17, 15) is 28.7 Å². The molecule has 1 aromatic heterocycles. The van der Waals surface area contributed by atoms with E-state index in [4.69, 9.17) is 0 Å². The monoisotopic (exact) mass is 568 g/mol. The number of amides is 3. The number of likely N-dealkylation sites (tertiary alicyclic amines) is 1. The van der Waals surface area contributed by atoms with Gasteiger partial charge in [0.25, 0.3) is 11.5 Å². The summed E-state index contributed by atoms with van der Waals surface area (Å²) in [5, 5.41) is 13.6. The standard InChI is InChI=1S/C29H37FN6O5/c1-18-14-19(6-7-20(18)30)15-31-23(38)21-22(37)24(39)36-17-28(16-35-12-5-13-35)8-10-29(11-9-28,27(36)32-21)34(4)26(41)25(40)33(2)3/h6-7,14,37H,5,8-13,15-17H2,1-4H3,(H,31,38). The molecule has 1 aliphatic carbocycles. The SMILES string of the molecule is Cc1cc(CNC(=O)c2nc3n(c(=O)c2O)CC2(CN4CCC4)CCC3(N(C)C(=O)C(=O)N(C)C)CC2)ccc1F. The molecule has 0 spiro atoms. The molecule has 0 unspecified atom stereocenters. The summed E-state index contributed by atoms with van der Waals surface area (Å²) in [6, 6.07) is 4.44. The Kier molecular flexibility index (Phi) is 7.39. The zero-order valence-corrected chi connectivity index (χ0v) is 24.0. The zero-order chi connectivity index (χ0) is 29.7. The van der Waals surface area contributed by atoms with Crippen molar-refractivity contribution >= 4 is 17.7 Å². The molecule has 41 heavy (non-hydrogen) atoms. The van der Waals surface area contributed by atoms with Crippen LogP contribution in [0.15, 0.2) is 23.0 Å². The molecule has 0 radical (unpaired) electrons. The van der Waals surface area contributed by atoms with Crippen LogP contribution >= 0.6 is 0 Å². The molecule has 11 nitrogen and oxygen atoms in total. The first kappa shape index (κ1) is 28.7. The molecule has 3 aliphatic heterocycles. The van der Waals surface area contributed by atoms with Gasteiger partial charge >= 0.3 is 11.8 Å². The highest BCUT2D eigenvalue weighted by Crippen LogP contribution is 2.52. The molecule has 3 amide bonds. The van der Waals surface area contributed by atoms with Gasteiger partial charge in [-0.2, -0.15) is 0 Å². The first-order valence-electron chi connectivity index (χ1n) is 14.0. The van der Waals surface area contributed by atoms with Crippen molar-refractivity contribution in [1.29, 1.82) is 0 Å². The lowest BCUT2D eigenvalue weighted by Crippen LogP contribution is -2.55. The smallest absolute Gasteiger partial charge is 0.312 e. The van der Waals surface area contributed by atoms with E-state index >= 15 is 0 Å². The minimum absolute atomic E-state index is 0.0271. The fourth-order valence-corrected chi connectivity index (χ4v) is 6.44. The third kappa shape index (κ3) is 4.98. The molecular formula is C29H37FN6O5. The minimum Gasteiger partial charge on any atom is -0.501 e. The van der Waals surface area contributed by atoms with Gasteiger partial charge in [0.15, 0.2) is 5.69 Å². The van der Waals surface area contributed by atoms with Crippen LogP contribution in [0.5, 0.6) is 5.75 Å². The molecule has 1 saturated heterocycles. The number of benzene rings is 1. The van der Waals surface area contributed by atoms with E-state index in [1.165, 1.54) is 47.6 Å². The Morgan fingerprint density at radius 2 is 1.78 bits per heavy atom. The van der Waals surface area contributed by atoms with Crippen LogP contribution in [0.25, 0.3) is 0 Å². The van der Waals surface area contributed by atoms with Gasteiger partial charge < -0.3 is 25.1 Å². The Hall–Kier alpha value is -3.80. The Bertz CT molecular complexity index is 1460. The summed E-state index contributed by atoms with van der Waals surface area (Å²) >= 11 is 0. The van der Waals surface area contributed by atoms with Gasteiger partial charge in [0, 0.05) is 46.2 Å². The van der Waals surface area contributed by atoms with Crippen LogP contribution in [0.1, 0.15) is 59.5 Å². The summed E-state index contributed by atoms with van der Waals surface area (Å²) in [6.45, 7) is 4.69. The number of likely N-dealkylation sites (N-methyl/N-ethyl adjacent to an activating group) is 2. The van der Waals surface area contributed by atoms with E-state index in [0.29, 0.717) is 43.4 Å². The number of aryl methyl sites for hydroxylation is 1. The fraction of sp³-hybridized carbons (Fsp3) is 0.552. The van der Waals surface area contributed by atoms with Crippen molar-refractivity contribution < 1.29 is 23.9 Å². The van der Waals surface area contributed by atoms with Crippen LogP contribution in [0.2, 0.25) is 0 Å². The van der Waals surface area contributed by atoms with Crippen molar-refractivity contribution in [3.8, 4) is 5.75 Å². The number of aromatic hydroxyl groups is 1. The predicted octanol–water partition coefficient (Wildman–Crippen LogP) is 1.35. The average Bonchev–Trinajstić information content (AvgIpc) is 3.16. The molecule has 2 N–H and O–H groups in total. The van der Waals surface area contributed by atoms with Crippen molar-refractivity contribution in [2.24, 2.45) is 5.41 Å². The van der Waals surface area contributed by atoms with Crippen LogP contribution < -0.4 is 10.9 Å². The van der Waals surface area contributed by atoms with Crippen LogP contribution in [0.4, 0.5) is 4.39 Å². The molecule has 0 atom stereocenters. The van der Waals surface area contributed by atoms with Crippen molar-refractivity contribution in [2.45, 2.75) is 57.7 Å². The third-order valence-corrected chi connectivity index (χ3v) is 9.13. The second-order valence-electron chi connectivity index (χ2n) is 12.0. The van der Waals surface area contributed by atoms with E-state index in [-0.39, 0.29) is 23.6 Å². The average molecular weight is 569 g/mol. The summed E-state index contributed by atoms with van der Waals surface area (Å²) in [6.07, 6.45) is 3.41. The lowest BCUT2D eigenvalue weighted by molar-refractivity contribution is -0.155. The van der Waals surface area contributed by atoms with E-state index in [2.05, 4.69) is 15.2 Å². The number of hydrogen-bond acceptors (Lipinski definition) is 7. The normalized spacial score (nSPS) is 23.2. The maximum absolute atomic E-state index is 13.7. The molecular weight excluding hydrogens is 531 g/mol. The quantitative estimate of drug-likeness (QED) is 0.504. The number of carbonyl (C=O) groups is 3. The molecule has 1 saturated carbocycles. The number of carbonyl (C=O) groups excluding carboxylic acids is 3. The summed E-state index contributed by atoms with van der Waals surface area (Å²) in [5.41, 5.74) is -1.52. The van der Waals surface area contributed by atoms with E-state index in [0.717, 1.165) is 26.1 Å². The van der Waals surface area contributed by atoms with Gasteiger partial charge in [0.2, 0.25) is 5.75 Å². The second-order valence-corrected chi connectivity index (χ2v) is 12.0. The van der Waals surface area contributed by atoms with E-state index in [1.807, 2.05) is 0 Å². The van der Waals surface area contributed by atoms with E-state index < -0.39 is 40.3 Å². The van der Waals surface area contributed by atoms with Crippen molar-refractivity contribution in [2.75, 3.05) is 40.8 Å². The van der Waals surface area contributed by atoms with Gasteiger partial charge in [-0.1, -0.05) is 12.1 Å². The van der Waals surface area contributed by atoms with Gasteiger partial charge in [-0.25, -0.2) is 9.37 Å². The zero-order valence-electron chi connectivity index (χ0n) is 24.0. The molecule has 2 aromatic rings. The highest BCUT2D eigenvalue weighted by Gasteiger charge is 2.55. The Labute approximate surface area is 237 Å². The first-order valence-corrected chi connectivity index (χ1v) is 14.0. The topological polar surface area (TPSA) is 128 Å². The number of hydrogen-bond donors (Lipinski definition) is 2. The Morgan fingerprint density at radius 3 is 2.37 bits per heavy atom. The van der Waals surface area contributed by atoms with E-state index in [1.54, 1.807) is 13.0 Å². The van der Waals surface area contributed by atoms with Crippen molar-refractivity contribution in [3.05, 3.63) is 57.0 Å². The summed E-state index contributed by atoms with van der Waals surface area (Å²) in [7, 11) is 4.53. The fourth-order valence-electron chi connectivity index (χ4n) is 6.44. The Morgan fingerprint density at radius 1 is 1.10 bits per heavy atom. The number of aromatic nitrogens is 2. The molecule has 6 rings (SSSR count). The molecule has 220 valence electrons. The van der Waals surface area contributed by atoms with Gasteiger partial charge in [-0.05, 0) is 69.3 Å². The van der Waals surface area contributed by atoms with Gasteiger partial charge in [0.1, 0.15) is 17.2 Å². The number of nitrogens with one attached hydrogen (secondary N) is 1. The van der Waals surface area contributed by atoms with Gasteiger partial charge in [-0.3, -0.25) is 23.7 Å². The maximum Gasteiger partial charge on any atom is 0.312 e. The largest absolute Gasteiger partial charge is 0.501 e. The molecule has 2 fully saturated rings. The maximum atomic E-state index is 13.7. The number of fused-ring (bicyclic) bond motifs is 2. The van der Waals surface area contributed by atoms with Crippen LogP contribution in [0.3, 0.4) is 0 Å².